The van der Waals surface area contributed by atoms with Crippen LogP contribution in [0, 0.1) is 0 Å². The normalized spacial score (nSPS) is 25.5. The Hall–Kier alpha value is -0.620. The van der Waals surface area contributed by atoms with Crippen molar-refractivity contribution >= 4 is 29.7 Å². The van der Waals surface area contributed by atoms with E-state index in [9.17, 15) is 4.79 Å². The number of rotatable bonds is 3. The minimum atomic E-state index is 0. The van der Waals surface area contributed by atoms with Gasteiger partial charge in [0.25, 0.3) is 0 Å². The fraction of sp³-hybridized carbons (Fsp3) is 0.688. The first-order chi connectivity index (χ1) is 10.2. The van der Waals surface area contributed by atoms with Crippen molar-refractivity contribution in [2.75, 3.05) is 32.7 Å². The van der Waals surface area contributed by atoms with Gasteiger partial charge < -0.3 is 10.2 Å². The lowest BCUT2D eigenvalue weighted by Crippen LogP contribution is -2.54. The molecule has 0 aliphatic carbocycles. The fourth-order valence-electron chi connectivity index (χ4n) is 3.52. The molecule has 1 aromatic heterocycles. The zero-order valence-electron chi connectivity index (χ0n) is 13.4. The molecule has 1 amide bonds. The summed E-state index contributed by atoms with van der Waals surface area (Å²) in [4.78, 5) is 18.7. The summed E-state index contributed by atoms with van der Waals surface area (Å²) in [5.41, 5.74) is 1.38. The first-order valence-electron chi connectivity index (χ1n) is 8.01. The molecule has 2 atom stereocenters. The number of fused-ring (bicyclic) bond motifs is 1. The molecule has 0 spiro atoms. The van der Waals surface area contributed by atoms with Crippen LogP contribution in [0.4, 0.5) is 0 Å². The Bertz CT molecular complexity index is 507. The van der Waals surface area contributed by atoms with Gasteiger partial charge in [-0.2, -0.15) is 0 Å². The van der Waals surface area contributed by atoms with Gasteiger partial charge >= 0.3 is 0 Å². The lowest BCUT2D eigenvalue weighted by Gasteiger charge is -2.39. The van der Waals surface area contributed by atoms with Crippen molar-refractivity contribution < 1.29 is 4.79 Å². The first kappa shape index (κ1) is 17.7. The van der Waals surface area contributed by atoms with E-state index in [0.29, 0.717) is 18.5 Å². The number of thiophene rings is 1. The summed E-state index contributed by atoms with van der Waals surface area (Å²) in [6, 6.07) is 2.94. The summed E-state index contributed by atoms with van der Waals surface area (Å²) in [6.45, 7) is 8.78. The molecule has 3 heterocycles. The van der Waals surface area contributed by atoms with Crippen molar-refractivity contribution in [1.82, 2.24) is 15.1 Å². The van der Waals surface area contributed by atoms with Crippen LogP contribution in [0.25, 0.3) is 0 Å². The van der Waals surface area contributed by atoms with Crippen molar-refractivity contribution in [2.24, 2.45) is 0 Å². The monoisotopic (exact) mass is 343 g/mol. The zero-order valence-corrected chi connectivity index (χ0v) is 15.0. The number of halogens is 1. The van der Waals surface area contributed by atoms with Crippen LogP contribution in [0.3, 0.4) is 0 Å². The van der Waals surface area contributed by atoms with E-state index in [4.69, 9.17) is 0 Å². The van der Waals surface area contributed by atoms with E-state index in [1.165, 1.54) is 10.4 Å². The SMILES string of the molecule is CCC1c2ccsc2CCN1C(=O)CN1CCNC[C@H]1C.Cl. The summed E-state index contributed by atoms with van der Waals surface area (Å²) in [5.74, 6) is 0.299. The predicted octanol–water partition coefficient (Wildman–Crippen LogP) is 2.30. The van der Waals surface area contributed by atoms with Gasteiger partial charge in [-0.05, 0) is 36.8 Å². The summed E-state index contributed by atoms with van der Waals surface area (Å²) >= 11 is 1.84. The van der Waals surface area contributed by atoms with Gasteiger partial charge in [0.05, 0.1) is 12.6 Å². The second-order valence-corrected chi connectivity index (χ2v) is 7.08. The largest absolute Gasteiger partial charge is 0.334 e. The number of carbonyl (C=O) groups excluding carboxylic acids is 1. The van der Waals surface area contributed by atoms with Gasteiger partial charge in [-0.3, -0.25) is 9.69 Å². The number of hydrogen-bond donors (Lipinski definition) is 1. The molecule has 124 valence electrons. The zero-order chi connectivity index (χ0) is 14.8. The van der Waals surface area contributed by atoms with Gasteiger partial charge in [0.1, 0.15) is 0 Å². The van der Waals surface area contributed by atoms with Crippen LogP contribution >= 0.6 is 23.7 Å². The third-order valence-electron chi connectivity index (χ3n) is 4.78. The highest BCUT2D eigenvalue weighted by Gasteiger charge is 2.31. The Morgan fingerprint density at radius 3 is 3.00 bits per heavy atom. The average molecular weight is 344 g/mol. The molecular formula is C16H26ClN3OS. The minimum Gasteiger partial charge on any atom is -0.334 e. The van der Waals surface area contributed by atoms with Crippen molar-refractivity contribution in [3.63, 3.8) is 0 Å². The number of carbonyl (C=O) groups is 1. The van der Waals surface area contributed by atoms with E-state index in [1.807, 2.05) is 11.3 Å². The maximum atomic E-state index is 12.8. The molecule has 0 bridgehead atoms. The fourth-order valence-corrected chi connectivity index (χ4v) is 4.45. The van der Waals surface area contributed by atoms with Crippen molar-refractivity contribution in [3.05, 3.63) is 21.9 Å². The maximum absolute atomic E-state index is 12.8. The van der Waals surface area contributed by atoms with Gasteiger partial charge in [0.2, 0.25) is 5.91 Å². The highest BCUT2D eigenvalue weighted by Crippen LogP contribution is 2.35. The third kappa shape index (κ3) is 3.48. The Kier molecular flexibility index (Phi) is 6.26. The molecule has 6 heteroatoms. The number of nitrogens with zero attached hydrogens (tertiary/aromatic N) is 2. The third-order valence-corrected chi connectivity index (χ3v) is 5.78. The molecule has 0 radical (unpaired) electrons. The molecule has 1 saturated heterocycles. The lowest BCUT2D eigenvalue weighted by atomic mass is 9.97. The Labute approximate surface area is 143 Å². The Morgan fingerprint density at radius 1 is 1.45 bits per heavy atom. The number of amides is 1. The van der Waals surface area contributed by atoms with E-state index in [1.54, 1.807) is 0 Å². The topological polar surface area (TPSA) is 35.6 Å². The quantitative estimate of drug-likeness (QED) is 0.914. The Morgan fingerprint density at radius 2 is 2.27 bits per heavy atom. The summed E-state index contributed by atoms with van der Waals surface area (Å²) in [5, 5.41) is 5.55. The van der Waals surface area contributed by atoms with Gasteiger partial charge in [0.15, 0.2) is 0 Å². The molecule has 1 fully saturated rings. The van der Waals surface area contributed by atoms with Crippen LogP contribution in [0.5, 0.6) is 0 Å². The molecule has 1 aromatic rings. The average Bonchev–Trinajstić information content (AvgIpc) is 2.97. The van der Waals surface area contributed by atoms with E-state index in [-0.39, 0.29) is 18.4 Å². The van der Waals surface area contributed by atoms with E-state index >= 15 is 0 Å². The minimum absolute atomic E-state index is 0. The van der Waals surface area contributed by atoms with Crippen molar-refractivity contribution in [2.45, 2.75) is 38.8 Å². The van der Waals surface area contributed by atoms with Crippen LogP contribution in [0.15, 0.2) is 11.4 Å². The summed E-state index contributed by atoms with van der Waals surface area (Å²) < 4.78 is 0. The Balaban J connectivity index is 0.00000176. The van der Waals surface area contributed by atoms with E-state index in [2.05, 4.69) is 40.4 Å². The van der Waals surface area contributed by atoms with Crippen molar-refractivity contribution in [1.29, 1.82) is 0 Å². The standard InChI is InChI=1S/C16H25N3OS.ClH/c1-3-14-13-5-9-21-15(13)4-7-19(14)16(20)11-18-8-6-17-10-12(18)2;/h5,9,12,14,17H,3-4,6-8,10-11H2,1-2H3;1H/t12-,14?;/m1./s1. The number of hydrogen-bond acceptors (Lipinski definition) is 4. The summed E-state index contributed by atoms with van der Waals surface area (Å²) in [7, 11) is 0. The van der Waals surface area contributed by atoms with Crippen molar-refractivity contribution in [3.8, 4) is 0 Å². The molecule has 1 unspecified atom stereocenters. The lowest BCUT2D eigenvalue weighted by molar-refractivity contribution is -0.136. The van der Waals surface area contributed by atoms with E-state index in [0.717, 1.165) is 39.0 Å². The van der Waals surface area contributed by atoms with Crippen LogP contribution < -0.4 is 5.32 Å². The van der Waals surface area contributed by atoms with Gasteiger partial charge in [-0.1, -0.05) is 6.92 Å². The van der Waals surface area contributed by atoms with Crippen LogP contribution in [0.2, 0.25) is 0 Å². The van der Waals surface area contributed by atoms with Crippen LogP contribution in [-0.4, -0.2) is 54.5 Å². The molecule has 0 aromatic carbocycles. The number of nitrogens with one attached hydrogen (secondary N) is 1. The maximum Gasteiger partial charge on any atom is 0.237 e. The second-order valence-electron chi connectivity index (χ2n) is 6.08. The molecule has 2 aliphatic rings. The molecule has 1 N–H and O–H groups in total. The molecular weight excluding hydrogens is 318 g/mol. The van der Waals surface area contributed by atoms with Gasteiger partial charge in [0, 0.05) is 37.1 Å². The smallest absolute Gasteiger partial charge is 0.237 e. The molecule has 22 heavy (non-hydrogen) atoms. The van der Waals surface area contributed by atoms with Gasteiger partial charge in [-0.25, -0.2) is 0 Å². The highest BCUT2D eigenvalue weighted by molar-refractivity contribution is 7.10. The molecule has 3 rings (SSSR count). The van der Waals surface area contributed by atoms with Crippen LogP contribution in [0.1, 0.15) is 36.8 Å². The van der Waals surface area contributed by atoms with E-state index < -0.39 is 0 Å². The van der Waals surface area contributed by atoms with Crippen LogP contribution in [-0.2, 0) is 11.2 Å². The molecule has 2 aliphatic heterocycles. The first-order valence-corrected chi connectivity index (χ1v) is 8.89. The van der Waals surface area contributed by atoms with Gasteiger partial charge in [-0.15, -0.1) is 23.7 Å². The molecule has 0 saturated carbocycles. The number of piperazine rings is 1. The second kappa shape index (κ2) is 7.77. The highest BCUT2D eigenvalue weighted by atomic mass is 35.5. The summed E-state index contributed by atoms with van der Waals surface area (Å²) in [6.07, 6.45) is 2.03. The predicted molar refractivity (Wildman–Crippen MR) is 93.9 cm³/mol. The molecule has 4 nitrogen and oxygen atoms in total.